The maximum absolute atomic E-state index is 5.62. The summed E-state index contributed by atoms with van der Waals surface area (Å²) in [4.78, 5) is 1.44. The molecule has 0 unspecified atom stereocenters. The highest BCUT2D eigenvalue weighted by atomic mass is 32.2. The van der Waals surface area contributed by atoms with Gasteiger partial charge in [-0.05, 0) is 13.3 Å². The summed E-state index contributed by atoms with van der Waals surface area (Å²) in [6.45, 7) is 4.22. The Labute approximate surface area is 71.2 Å². The molecule has 2 rings (SSSR count). The Balaban J connectivity index is 2.52. The van der Waals surface area contributed by atoms with Crippen LogP contribution in [0.4, 0.5) is 0 Å². The van der Waals surface area contributed by atoms with Crippen LogP contribution in [0, 0.1) is 6.92 Å². The van der Waals surface area contributed by atoms with Crippen LogP contribution in [-0.2, 0) is 12.8 Å². The molecule has 1 aromatic rings. The molecule has 0 N–H and O–H groups in total. The number of furan rings is 1. The Morgan fingerprint density at radius 3 is 3.09 bits per heavy atom. The van der Waals surface area contributed by atoms with Crippen LogP contribution in [0.25, 0.3) is 0 Å². The fraction of sp³-hybridized carbons (Fsp3) is 0.556. The summed E-state index contributed by atoms with van der Waals surface area (Å²) >= 11 is 1.95. The molecule has 2 heteroatoms. The first kappa shape index (κ1) is 7.29. The highest BCUT2D eigenvalue weighted by Gasteiger charge is 2.21. The smallest absolute Gasteiger partial charge is 0.117 e. The van der Waals surface area contributed by atoms with Crippen molar-refractivity contribution in [2.24, 2.45) is 0 Å². The van der Waals surface area contributed by atoms with Gasteiger partial charge in [0.05, 0.1) is 4.90 Å². The Morgan fingerprint density at radius 1 is 1.55 bits per heavy atom. The van der Waals surface area contributed by atoms with Crippen LogP contribution < -0.4 is 0 Å². The molecule has 0 aliphatic carbocycles. The van der Waals surface area contributed by atoms with Crippen LogP contribution >= 0.6 is 11.8 Å². The molecule has 1 nitrogen and oxygen atoms in total. The Hall–Kier alpha value is -0.370. The second kappa shape index (κ2) is 2.59. The molecular weight excluding hydrogens is 156 g/mol. The zero-order valence-corrected chi connectivity index (χ0v) is 7.75. The van der Waals surface area contributed by atoms with E-state index >= 15 is 0 Å². The molecule has 0 aromatic carbocycles. The predicted molar refractivity (Wildman–Crippen MR) is 47.3 cm³/mol. The van der Waals surface area contributed by atoms with E-state index in [1.54, 1.807) is 0 Å². The van der Waals surface area contributed by atoms with Crippen molar-refractivity contribution >= 4 is 11.8 Å². The van der Waals surface area contributed by atoms with E-state index in [1.165, 1.54) is 28.4 Å². The molecule has 2 heterocycles. The largest absolute Gasteiger partial charge is 0.465 e. The maximum Gasteiger partial charge on any atom is 0.117 e. The minimum Gasteiger partial charge on any atom is -0.465 e. The standard InChI is InChI=1S/C9H12OS/c1-3-8-9-7(4-5-11-9)6(2)10-8/h3-5H2,1-2H3. The topological polar surface area (TPSA) is 13.1 Å². The number of aryl methyl sites for hydroxylation is 2. The van der Waals surface area contributed by atoms with E-state index in [9.17, 15) is 0 Å². The summed E-state index contributed by atoms with van der Waals surface area (Å²) in [5.41, 5.74) is 1.46. The fourth-order valence-corrected chi connectivity index (χ4v) is 2.84. The Kier molecular flexibility index (Phi) is 1.72. The molecule has 0 spiro atoms. The van der Waals surface area contributed by atoms with Crippen molar-refractivity contribution in [3.63, 3.8) is 0 Å². The predicted octanol–water partition coefficient (Wildman–Crippen LogP) is 2.80. The highest BCUT2D eigenvalue weighted by Crippen LogP contribution is 2.38. The van der Waals surface area contributed by atoms with Gasteiger partial charge in [0, 0.05) is 17.7 Å². The summed E-state index contributed by atoms with van der Waals surface area (Å²) < 4.78 is 5.62. The van der Waals surface area contributed by atoms with Gasteiger partial charge in [-0.15, -0.1) is 11.8 Å². The molecule has 11 heavy (non-hydrogen) atoms. The van der Waals surface area contributed by atoms with Crippen molar-refractivity contribution in [3.05, 3.63) is 17.1 Å². The molecule has 1 aliphatic heterocycles. The molecule has 60 valence electrons. The monoisotopic (exact) mass is 168 g/mol. The third-order valence-electron chi connectivity index (χ3n) is 2.15. The van der Waals surface area contributed by atoms with E-state index in [-0.39, 0.29) is 0 Å². The summed E-state index contributed by atoms with van der Waals surface area (Å²) in [5.74, 6) is 3.58. The average molecular weight is 168 g/mol. The van der Waals surface area contributed by atoms with Crippen molar-refractivity contribution in [1.29, 1.82) is 0 Å². The first-order valence-electron chi connectivity index (χ1n) is 4.07. The number of fused-ring (bicyclic) bond motifs is 1. The lowest BCUT2D eigenvalue weighted by molar-refractivity contribution is 0.480. The SMILES string of the molecule is CCc1oc(C)c2c1SCC2. The van der Waals surface area contributed by atoms with Gasteiger partial charge < -0.3 is 4.42 Å². The second-order valence-corrected chi connectivity index (χ2v) is 3.95. The molecule has 0 saturated heterocycles. The van der Waals surface area contributed by atoms with Gasteiger partial charge in [-0.2, -0.15) is 0 Å². The van der Waals surface area contributed by atoms with Crippen molar-refractivity contribution in [2.75, 3.05) is 5.75 Å². The van der Waals surface area contributed by atoms with Gasteiger partial charge in [0.15, 0.2) is 0 Å². The van der Waals surface area contributed by atoms with Gasteiger partial charge in [0.2, 0.25) is 0 Å². The lowest BCUT2D eigenvalue weighted by Gasteiger charge is -1.91. The van der Waals surface area contributed by atoms with Crippen LogP contribution in [0.15, 0.2) is 9.31 Å². The van der Waals surface area contributed by atoms with Gasteiger partial charge in [-0.3, -0.25) is 0 Å². The van der Waals surface area contributed by atoms with Crippen LogP contribution in [0.3, 0.4) is 0 Å². The zero-order chi connectivity index (χ0) is 7.84. The number of thioether (sulfide) groups is 1. The fourth-order valence-electron chi connectivity index (χ4n) is 1.57. The van der Waals surface area contributed by atoms with Gasteiger partial charge >= 0.3 is 0 Å². The molecule has 0 radical (unpaired) electrons. The molecule has 0 atom stereocenters. The van der Waals surface area contributed by atoms with Crippen molar-refractivity contribution < 1.29 is 4.42 Å². The van der Waals surface area contributed by atoms with Gasteiger partial charge in [0.1, 0.15) is 11.5 Å². The van der Waals surface area contributed by atoms with Crippen LogP contribution in [-0.4, -0.2) is 5.75 Å². The highest BCUT2D eigenvalue weighted by molar-refractivity contribution is 7.99. The van der Waals surface area contributed by atoms with Gasteiger partial charge in [-0.1, -0.05) is 6.92 Å². The van der Waals surface area contributed by atoms with Gasteiger partial charge in [0.25, 0.3) is 0 Å². The average Bonchev–Trinajstić information content (AvgIpc) is 2.54. The molecular formula is C9H12OS. The normalized spacial score (nSPS) is 15.5. The van der Waals surface area contributed by atoms with Gasteiger partial charge in [-0.25, -0.2) is 0 Å². The summed E-state index contributed by atoms with van der Waals surface area (Å²) in [5, 5.41) is 0. The maximum atomic E-state index is 5.62. The third kappa shape index (κ3) is 1.00. The summed E-state index contributed by atoms with van der Waals surface area (Å²) in [7, 11) is 0. The number of hydrogen-bond donors (Lipinski definition) is 0. The van der Waals surface area contributed by atoms with Crippen molar-refractivity contribution in [1.82, 2.24) is 0 Å². The minimum absolute atomic E-state index is 1.03. The van der Waals surface area contributed by atoms with E-state index in [0.717, 1.165) is 12.2 Å². The molecule has 0 saturated carbocycles. The van der Waals surface area contributed by atoms with Crippen LogP contribution in [0.1, 0.15) is 24.0 Å². The lowest BCUT2D eigenvalue weighted by atomic mass is 10.2. The molecule has 0 bridgehead atoms. The summed E-state index contributed by atoms with van der Waals surface area (Å²) in [6.07, 6.45) is 2.23. The van der Waals surface area contributed by atoms with E-state index in [4.69, 9.17) is 4.42 Å². The van der Waals surface area contributed by atoms with Crippen molar-refractivity contribution in [2.45, 2.75) is 31.6 Å². The Morgan fingerprint density at radius 2 is 2.36 bits per heavy atom. The molecule has 0 amide bonds. The third-order valence-corrected chi connectivity index (χ3v) is 3.32. The van der Waals surface area contributed by atoms with Crippen molar-refractivity contribution in [3.8, 4) is 0 Å². The Bertz CT molecular complexity index is 275. The molecule has 1 aromatic heterocycles. The number of hydrogen-bond acceptors (Lipinski definition) is 2. The number of rotatable bonds is 1. The minimum atomic E-state index is 1.03. The van der Waals surface area contributed by atoms with Crippen LogP contribution in [0.2, 0.25) is 0 Å². The molecule has 1 aliphatic rings. The lowest BCUT2D eigenvalue weighted by Crippen LogP contribution is -1.78. The van der Waals surface area contributed by atoms with E-state index < -0.39 is 0 Å². The van der Waals surface area contributed by atoms with Crippen LogP contribution in [0.5, 0.6) is 0 Å². The van der Waals surface area contributed by atoms with E-state index in [1.807, 2.05) is 11.8 Å². The first-order valence-corrected chi connectivity index (χ1v) is 5.05. The van der Waals surface area contributed by atoms with E-state index in [0.29, 0.717) is 0 Å². The quantitative estimate of drug-likeness (QED) is 0.639. The van der Waals surface area contributed by atoms with E-state index in [2.05, 4.69) is 13.8 Å². The first-order chi connectivity index (χ1) is 5.33. The zero-order valence-electron chi connectivity index (χ0n) is 6.94. The summed E-state index contributed by atoms with van der Waals surface area (Å²) in [6, 6.07) is 0. The molecule has 0 fully saturated rings. The second-order valence-electron chi connectivity index (χ2n) is 2.84.